The van der Waals surface area contributed by atoms with Crippen LogP contribution in [0.5, 0.6) is 5.75 Å². The summed E-state index contributed by atoms with van der Waals surface area (Å²) < 4.78 is 44.1. The Kier molecular flexibility index (Phi) is 6.23. The van der Waals surface area contributed by atoms with Crippen molar-refractivity contribution in [2.75, 3.05) is 6.54 Å². The van der Waals surface area contributed by atoms with Crippen molar-refractivity contribution >= 4 is 5.91 Å². The third-order valence-electron chi connectivity index (χ3n) is 2.89. The number of amides is 1. The van der Waals surface area contributed by atoms with Gasteiger partial charge in [-0.05, 0) is 31.5 Å². The number of carbonyl (C=O) groups is 1. The molecule has 0 bridgehead atoms. The fourth-order valence-electron chi connectivity index (χ4n) is 1.89. The molecule has 1 aromatic carbocycles. The summed E-state index contributed by atoms with van der Waals surface area (Å²) in [6.45, 7) is 3.99. The van der Waals surface area contributed by atoms with E-state index in [1.165, 1.54) is 12.1 Å². The van der Waals surface area contributed by atoms with E-state index in [-0.39, 0.29) is 11.7 Å². The molecular formula is C15H17F3N2O2. The van der Waals surface area contributed by atoms with Gasteiger partial charge in [0.15, 0.2) is 6.10 Å². The van der Waals surface area contributed by atoms with Gasteiger partial charge < -0.3 is 10.1 Å². The maximum Gasteiger partial charge on any atom is 0.417 e. The maximum atomic E-state index is 12.9. The number of alkyl halides is 3. The molecule has 1 N–H and O–H groups in total. The van der Waals surface area contributed by atoms with E-state index in [0.717, 1.165) is 12.1 Å². The van der Waals surface area contributed by atoms with Gasteiger partial charge in [0.2, 0.25) is 0 Å². The van der Waals surface area contributed by atoms with Crippen LogP contribution in [0.25, 0.3) is 0 Å². The number of nitrogens with zero attached hydrogens (tertiary/aromatic N) is 1. The number of hydrogen-bond acceptors (Lipinski definition) is 3. The fourth-order valence-corrected chi connectivity index (χ4v) is 1.89. The molecule has 0 aliphatic carbocycles. The van der Waals surface area contributed by atoms with Crippen molar-refractivity contribution in [3.63, 3.8) is 0 Å². The Morgan fingerprint density at radius 2 is 2.09 bits per heavy atom. The Hall–Kier alpha value is -2.23. The van der Waals surface area contributed by atoms with E-state index in [2.05, 4.69) is 5.32 Å². The monoisotopic (exact) mass is 314 g/mol. The molecule has 22 heavy (non-hydrogen) atoms. The Bertz CT molecular complexity index is 565. The highest BCUT2D eigenvalue weighted by atomic mass is 19.4. The zero-order chi connectivity index (χ0) is 16.8. The molecule has 4 nitrogen and oxygen atoms in total. The number of halogens is 3. The first-order chi connectivity index (χ1) is 10.3. The van der Waals surface area contributed by atoms with Gasteiger partial charge in [0.25, 0.3) is 5.91 Å². The van der Waals surface area contributed by atoms with Crippen LogP contribution in [0.15, 0.2) is 18.2 Å². The molecule has 0 aliphatic heterocycles. The number of nitrogens with one attached hydrogen (secondary N) is 1. The molecule has 0 aromatic heterocycles. The standard InChI is InChI=1S/C15H17F3N2O2/c1-3-5-13(14(21)20-4-2)22-11-7-6-10(9-19)12(8-11)15(16,17)18/h6-8,13H,3-5H2,1-2H3,(H,20,21). The number of nitriles is 1. The van der Waals surface area contributed by atoms with Crippen LogP contribution in [-0.4, -0.2) is 18.6 Å². The summed E-state index contributed by atoms with van der Waals surface area (Å²) >= 11 is 0. The number of carbonyl (C=O) groups excluding carboxylic acids is 1. The molecule has 0 radical (unpaired) electrons. The van der Waals surface area contributed by atoms with E-state index in [1.807, 2.05) is 6.92 Å². The highest BCUT2D eigenvalue weighted by molar-refractivity contribution is 5.81. The van der Waals surface area contributed by atoms with E-state index >= 15 is 0 Å². The van der Waals surface area contributed by atoms with Crippen molar-refractivity contribution in [1.82, 2.24) is 5.32 Å². The number of rotatable bonds is 6. The first-order valence-corrected chi connectivity index (χ1v) is 6.89. The van der Waals surface area contributed by atoms with Crippen LogP contribution in [-0.2, 0) is 11.0 Å². The minimum absolute atomic E-state index is 0.0870. The van der Waals surface area contributed by atoms with Gasteiger partial charge in [-0.2, -0.15) is 18.4 Å². The van der Waals surface area contributed by atoms with Crippen molar-refractivity contribution in [3.8, 4) is 11.8 Å². The summed E-state index contributed by atoms with van der Waals surface area (Å²) in [7, 11) is 0. The van der Waals surface area contributed by atoms with Gasteiger partial charge in [-0.3, -0.25) is 4.79 Å². The molecule has 1 aromatic rings. The van der Waals surface area contributed by atoms with Gasteiger partial charge >= 0.3 is 6.18 Å². The molecule has 1 amide bonds. The molecule has 120 valence electrons. The van der Waals surface area contributed by atoms with Crippen molar-refractivity contribution in [3.05, 3.63) is 29.3 Å². The van der Waals surface area contributed by atoms with Crippen LogP contribution >= 0.6 is 0 Å². The Balaban J connectivity index is 3.06. The lowest BCUT2D eigenvalue weighted by atomic mass is 10.1. The first kappa shape index (κ1) is 17.8. The van der Waals surface area contributed by atoms with Crippen LogP contribution in [0.4, 0.5) is 13.2 Å². The van der Waals surface area contributed by atoms with E-state index in [1.54, 1.807) is 6.92 Å². The average Bonchev–Trinajstić information content (AvgIpc) is 2.46. The van der Waals surface area contributed by atoms with Crippen molar-refractivity contribution in [2.45, 2.75) is 39.0 Å². The maximum absolute atomic E-state index is 12.9. The second kappa shape index (κ2) is 7.69. The van der Waals surface area contributed by atoms with E-state index in [4.69, 9.17) is 10.00 Å². The Morgan fingerprint density at radius 1 is 1.41 bits per heavy atom. The average molecular weight is 314 g/mol. The normalized spacial score (nSPS) is 12.4. The fraction of sp³-hybridized carbons (Fsp3) is 0.467. The molecule has 0 aliphatic rings. The third kappa shape index (κ3) is 4.65. The first-order valence-electron chi connectivity index (χ1n) is 6.89. The van der Waals surface area contributed by atoms with Crippen LogP contribution in [0.3, 0.4) is 0 Å². The van der Waals surface area contributed by atoms with Gasteiger partial charge in [-0.25, -0.2) is 0 Å². The van der Waals surface area contributed by atoms with Crippen molar-refractivity contribution < 1.29 is 22.7 Å². The zero-order valence-electron chi connectivity index (χ0n) is 12.3. The molecule has 0 spiro atoms. The van der Waals surface area contributed by atoms with Crippen LogP contribution in [0, 0.1) is 11.3 Å². The van der Waals surface area contributed by atoms with Crippen LogP contribution in [0.1, 0.15) is 37.8 Å². The summed E-state index contributed by atoms with van der Waals surface area (Å²) in [4.78, 5) is 11.8. The smallest absolute Gasteiger partial charge is 0.417 e. The molecule has 0 saturated heterocycles. The summed E-state index contributed by atoms with van der Waals surface area (Å²) in [5.41, 5.74) is -1.55. The number of hydrogen-bond donors (Lipinski definition) is 1. The van der Waals surface area contributed by atoms with Crippen LogP contribution in [0.2, 0.25) is 0 Å². The van der Waals surface area contributed by atoms with Gasteiger partial charge in [-0.15, -0.1) is 0 Å². The SMILES string of the molecule is CCCC(Oc1ccc(C#N)c(C(F)(F)F)c1)C(=O)NCC. The zero-order valence-corrected chi connectivity index (χ0v) is 12.3. The highest BCUT2D eigenvalue weighted by Gasteiger charge is 2.34. The minimum Gasteiger partial charge on any atom is -0.481 e. The molecule has 0 fully saturated rings. The molecule has 0 saturated carbocycles. The summed E-state index contributed by atoms with van der Waals surface area (Å²) in [5, 5.41) is 11.3. The molecule has 1 rings (SSSR count). The lowest BCUT2D eigenvalue weighted by Crippen LogP contribution is -2.38. The molecule has 0 heterocycles. The Labute approximate surface area is 126 Å². The molecule has 1 unspecified atom stereocenters. The second-order valence-electron chi connectivity index (χ2n) is 4.61. The van der Waals surface area contributed by atoms with Crippen molar-refractivity contribution in [2.24, 2.45) is 0 Å². The van der Waals surface area contributed by atoms with Crippen LogP contribution < -0.4 is 10.1 Å². The predicted octanol–water partition coefficient (Wildman–Crippen LogP) is 3.26. The van der Waals surface area contributed by atoms with Crippen molar-refractivity contribution in [1.29, 1.82) is 5.26 Å². The second-order valence-corrected chi connectivity index (χ2v) is 4.61. The minimum atomic E-state index is -4.66. The van der Waals surface area contributed by atoms with Gasteiger partial charge in [0.05, 0.1) is 17.2 Å². The summed E-state index contributed by atoms with van der Waals surface area (Å²) in [5.74, 6) is -0.460. The molecule has 7 heteroatoms. The predicted molar refractivity (Wildman–Crippen MR) is 74.2 cm³/mol. The lowest BCUT2D eigenvalue weighted by Gasteiger charge is -2.19. The lowest BCUT2D eigenvalue weighted by molar-refractivity contribution is -0.137. The Morgan fingerprint density at radius 3 is 2.59 bits per heavy atom. The quantitative estimate of drug-likeness (QED) is 0.876. The molecule has 1 atom stereocenters. The largest absolute Gasteiger partial charge is 0.481 e. The number of ether oxygens (including phenoxy) is 1. The summed E-state index contributed by atoms with van der Waals surface area (Å²) in [6, 6.07) is 4.55. The van der Waals surface area contributed by atoms with Gasteiger partial charge in [0.1, 0.15) is 5.75 Å². The highest BCUT2D eigenvalue weighted by Crippen LogP contribution is 2.34. The number of likely N-dealkylation sites (N-methyl/N-ethyl adjacent to an activating group) is 1. The van der Waals surface area contributed by atoms with Gasteiger partial charge in [-0.1, -0.05) is 13.3 Å². The third-order valence-corrected chi connectivity index (χ3v) is 2.89. The van der Waals surface area contributed by atoms with E-state index in [0.29, 0.717) is 19.4 Å². The summed E-state index contributed by atoms with van der Waals surface area (Å²) in [6.07, 6.45) is -4.49. The number of benzene rings is 1. The molecular weight excluding hydrogens is 297 g/mol. The van der Waals surface area contributed by atoms with Gasteiger partial charge in [0, 0.05) is 6.54 Å². The van der Waals surface area contributed by atoms with E-state index < -0.39 is 23.4 Å². The van der Waals surface area contributed by atoms with E-state index in [9.17, 15) is 18.0 Å². The topological polar surface area (TPSA) is 62.1 Å².